The van der Waals surface area contributed by atoms with Crippen LogP contribution < -0.4 is 0 Å². The number of esters is 1. The molecule has 0 aliphatic carbocycles. The van der Waals surface area contributed by atoms with E-state index in [0.717, 1.165) is 6.07 Å². The largest absolute Gasteiger partial charge is 0.462 e. The lowest BCUT2D eigenvalue weighted by Crippen LogP contribution is -2.05. The molecule has 0 saturated heterocycles. The summed E-state index contributed by atoms with van der Waals surface area (Å²) in [5, 5.41) is 0. The maximum absolute atomic E-state index is 12.8. The van der Waals surface area contributed by atoms with Crippen LogP contribution in [0.5, 0.6) is 0 Å². The minimum atomic E-state index is -0.645. The number of aldehydes is 1. The van der Waals surface area contributed by atoms with Gasteiger partial charge in [-0.05, 0) is 25.1 Å². The number of carbonyl (C=O) groups is 2. The van der Waals surface area contributed by atoms with Gasteiger partial charge >= 0.3 is 5.97 Å². The summed E-state index contributed by atoms with van der Waals surface area (Å²) < 4.78 is 17.5. The first-order valence-electron chi connectivity index (χ1n) is 4.11. The molecule has 0 heterocycles. The van der Waals surface area contributed by atoms with Crippen LogP contribution in [-0.4, -0.2) is 18.9 Å². The molecule has 14 heavy (non-hydrogen) atoms. The highest BCUT2D eigenvalue weighted by Crippen LogP contribution is 2.09. The van der Waals surface area contributed by atoms with E-state index in [1.54, 1.807) is 6.92 Å². The fraction of sp³-hybridized carbons (Fsp3) is 0.200. The van der Waals surface area contributed by atoms with E-state index in [-0.39, 0.29) is 17.7 Å². The van der Waals surface area contributed by atoms with Crippen LogP contribution in [0.3, 0.4) is 0 Å². The second-order valence-corrected chi connectivity index (χ2v) is 2.57. The number of hydrogen-bond acceptors (Lipinski definition) is 3. The molecule has 1 aromatic rings. The predicted molar refractivity (Wildman–Crippen MR) is 47.7 cm³/mol. The monoisotopic (exact) mass is 196 g/mol. The van der Waals surface area contributed by atoms with E-state index < -0.39 is 11.8 Å². The van der Waals surface area contributed by atoms with Crippen molar-refractivity contribution in [1.82, 2.24) is 0 Å². The molecule has 0 fully saturated rings. The highest BCUT2D eigenvalue weighted by molar-refractivity contribution is 5.91. The summed E-state index contributed by atoms with van der Waals surface area (Å²) in [6, 6.07) is 3.51. The minimum Gasteiger partial charge on any atom is -0.462 e. The summed E-state index contributed by atoms with van der Waals surface area (Å²) in [4.78, 5) is 21.5. The van der Waals surface area contributed by atoms with Gasteiger partial charge in [-0.2, -0.15) is 0 Å². The van der Waals surface area contributed by atoms with Gasteiger partial charge in [-0.25, -0.2) is 9.18 Å². The SMILES string of the molecule is CCOC(=O)c1ccc(F)c(C=O)c1. The molecular weight excluding hydrogens is 187 g/mol. The van der Waals surface area contributed by atoms with Crippen molar-refractivity contribution >= 4 is 12.3 Å². The van der Waals surface area contributed by atoms with E-state index in [1.807, 2.05) is 0 Å². The molecule has 0 spiro atoms. The molecule has 0 saturated carbocycles. The summed E-state index contributed by atoms with van der Waals surface area (Å²) in [6.45, 7) is 1.91. The fourth-order valence-electron chi connectivity index (χ4n) is 0.975. The zero-order chi connectivity index (χ0) is 10.6. The molecule has 3 nitrogen and oxygen atoms in total. The average molecular weight is 196 g/mol. The van der Waals surface area contributed by atoms with E-state index in [4.69, 9.17) is 0 Å². The number of rotatable bonds is 3. The summed E-state index contributed by atoms with van der Waals surface area (Å²) in [5.74, 6) is -1.20. The van der Waals surface area contributed by atoms with Crippen molar-refractivity contribution in [2.24, 2.45) is 0 Å². The summed E-state index contributed by atoms with van der Waals surface area (Å²) >= 11 is 0. The van der Waals surface area contributed by atoms with Gasteiger partial charge in [0.25, 0.3) is 0 Å². The van der Waals surface area contributed by atoms with Crippen LogP contribution in [0.4, 0.5) is 4.39 Å². The minimum absolute atomic E-state index is 0.143. The molecule has 0 atom stereocenters. The standard InChI is InChI=1S/C10H9FO3/c1-2-14-10(13)7-3-4-9(11)8(5-7)6-12/h3-6H,2H2,1H3. The highest BCUT2D eigenvalue weighted by Gasteiger charge is 2.09. The lowest BCUT2D eigenvalue weighted by atomic mass is 10.1. The zero-order valence-electron chi connectivity index (χ0n) is 7.62. The van der Waals surface area contributed by atoms with E-state index in [0.29, 0.717) is 6.29 Å². The molecule has 0 amide bonds. The maximum atomic E-state index is 12.8. The van der Waals surface area contributed by atoms with Gasteiger partial charge in [-0.15, -0.1) is 0 Å². The Labute approximate surface area is 80.5 Å². The number of carbonyl (C=O) groups excluding carboxylic acids is 2. The lowest BCUT2D eigenvalue weighted by molar-refractivity contribution is 0.0526. The van der Waals surface area contributed by atoms with Crippen LogP contribution in [0.2, 0.25) is 0 Å². The molecule has 0 radical (unpaired) electrons. The number of halogens is 1. The van der Waals surface area contributed by atoms with Crippen LogP contribution in [0.1, 0.15) is 27.6 Å². The molecule has 0 aromatic heterocycles. The van der Waals surface area contributed by atoms with Gasteiger partial charge in [0.05, 0.1) is 17.7 Å². The normalized spacial score (nSPS) is 9.57. The van der Waals surface area contributed by atoms with E-state index >= 15 is 0 Å². The van der Waals surface area contributed by atoms with Crippen molar-refractivity contribution in [1.29, 1.82) is 0 Å². The van der Waals surface area contributed by atoms with Gasteiger partial charge in [0.1, 0.15) is 5.82 Å². The second-order valence-electron chi connectivity index (χ2n) is 2.57. The Kier molecular flexibility index (Phi) is 3.34. The van der Waals surface area contributed by atoms with Gasteiger partial charge in [0.15, 0.2) is 6.29 Å². The van der Waals surface area contributed by atoms with Gasteiger partial charge in [-0.3, -0.25) is 4.79 Å². The second kappa shape index (κ2) is 4.50. The molecular formula is C10H9FO3. The van der Waals surface area contributed by atoms with E-state index in [9.17, 15) is 14.0 Å². The first-order valence-corrected chi connectivity index (χ1v) is 4.11. The Morgan fingerprint density at radius 3 is 2.86 bits per heavy atom. The highest BCUT2D eigenvalue weighted by atomic mass is 19.1. The number of benzene rings is 1. The molecule has 4 heteroatoms. The van der Waals surface area contributed by atoms with Crippen LogP contribution in [0.15, 0.2) is 18.2 Å². The molecule has 0 aliphatic heterocycles. The van der Waals surface area contributed by atoms with Gasteiger partial charge < -0.3 is 4.74 Å². The number of hydrogen-bond donors (Lipinski definition) is 0. The maximum Gasteiger partial charge on any atom is 0.338 e. The fourth-order valence-corrected chi connectivity index (χ4v) is 0.975. The van der Waals surface area contributed by atoms with Gasteiger partial charge in [0.2, 0.25) is 0 Å². The topological polar surface area (TPSA) is 43.4 Å². The van der Waals surface area contributed by atoms with Crippen molar-refractivity contribution in [2.45, 2.75) is 6.92 Å². The molecule has 0 unspecified atom stereocenters. The Bertz CT molecular complexity index is 360. The lowest BCUT2D eigenvalue weighted by Gasteiger charge is -2.02. The van der Waals surface area contributed by atoms with Crippen molar-refractivity contribution in [3.05, 3.63) is 35.1 Å². The Morgan fingerprint density at radius 1 is 1.57 bits per heavy atom. The van der Waals surface area contributed by atoms with Crippen LogP contribution in [-0.2, 0) is 4.74 Å². The molecule has 0 aliphatic rings. The third kappa shape index (κ3) is 2.16. The quantitative estimate of drug-likeness (QED) is 0.547. The molecule has 1 rings (SSSR count). The zero-order valence-corrected chi connectivity index (χ0v) is 7.62. The molecule has 1 aromatic carbocycles. The van der Waals surface area contributed by atoms with Crippen molar-refractivity contribution in [3.8, 4) is 0 Å². The summed E-state index contributed by atoms with van der Waals surface area (Å²) in [6.07, 6.45) is 0.359. The number of ether oxygens (including phenoxy) is 1. The Morgan fingerprint density at radius 2 is 2.29 bits per heavy atom. The molecule has 74 valence electrons. The average Bonchev–Trinajstić information content (AvgIpc) is 2.19. The molecule has 0 bridgehead atoms. The smallest absolute Gasteiger partial charge is 0.338 e. The summed E-state index contributed by atoms with van der Waals surface area (Å²) in [5.41, 5.74) is 0.0332. The van der Waals surface area contributed by atoms with E-state index in [2.05, 4.69) is 4.74 Å². The Hall–Kier alpha value is -1.71. The van der Waals surface area contributed by atoms with Crippen LogP contribution >= 0.6 is 0 Å². The van der Waals surface area contributed by atoms with Crippen LogP contribution in [0.25, 0.3) is 0 Å². The van der Waals surface area contributed by atoms with Crippen molar-refractivity contribution in [2.75, 3.05) is 6.61 Å². The van der Waals surface area contributed by atoms with Crippen molar-refractivity contribution in [3.63, 3.8) is 0 Å². The predicted octanol–water partition coefficient (Wildman–Crippen LogP) is 1.81. The first-order chi connectivity index (χ1) is 6.69. The Balaban J connectivity index is 3.00. The van der Waals surface area contributed by atoms with Gasteiger partial charge in [-0.1, -0.05) is 0 Å². The summed E-state index contributed by atoms with van der Waals surface area (Å²) in [7, 11) is 0. The van der Waals surface area contributed by atoms with Gasteiger partial charge in [0, 0.05) is 0 Å². The third-order valence-electron chi connectivity index (χ3n) is 1.63. The first kappa shape index (κ1) is 10.4. The third-order valence-corrected chi connectivity index (χ3v) is 1.63. The van der Waals surface area contributed by atoms with Crippen molar-refractivity contribution < 1.29 is 18.7 Å². The van der Waals surface area contributed by atoms with E-state index in [1.165, 1.54) is 12.1 Å². The molecule has 0 N–H and O–H groups in total. The van der Waals surface area contributed by atoms with Crippen LogP contribution in [0, 0.1) is 5.82 Å².